The number of para-hydroxylation sites is 1. The first kappa shape index (κ1) is 21.1. The Morgan fingerprint density at radius 2 is 1.62 bits per heavy atom. The van der Waals surface area contributed by atoms with E-state index in [0.29, 0.717) is 31.0 Å². The molecule has 0 bridgehead atoms. The Hall–Kier alpha value is -2.58. The number of likely N-dealkylation sites (tertiary alicyclic amines) is 1. The van der Waals surface area contributed by atoms with Gasteiger partial charge in [0.25, 0.3) is 0 Å². The summed E-state index contributed by atoms with van der Waals surface area (Å²) >= 11 is 5.77. The van der Waals surface area contributed by atoms with Gasteiger partial charge in [0.2, 0.25) is 5.91 Å². The lowest BCUT2D eigenvalue weighted by molar-refractivity contribution is -0.119. The number of urea groups is 1. The number of anilines is 1. The summed E-state index contributed by atoms with van der Waals surface area (Å²) in [6.45, 7) is 0.959. The maximum absolute atomic E-state index is 12.3. The summed E-state index contributed by atoms with van der Waals surface area (Å²) in [7, 11) is -3.73. The number of amides is 3. The van der Waals surface area contributed by atoms with Crippen LogP contribution in [0.15, 0.2) is 59.5 Å². The molecule has 29 heavy (non-hydrogen) atoms. The summed E-state index contributed by atoms with van der Waals surface area (Å²) in [5.74, 6) is -1.17. The number of carbonyl (C=O) groups excluding carboxylic acids is 2. The van der Waals surface area contributed by atoms with Crippen LogP contribution in [0, 0.1) is 0 Å². The van der Waals surface area contributed by atoms with Crippen molar-refractivity contribution in [1.82, 2.24) is 10.2 Å². The number of nitrogens with zero attached hydrogens (tertiary/aromatic N) is 1. The molecule has 1 aliphatic rings. The highest BCUT2D eigenvalue weighted by molar-refractivity contribution is 7.92. The zero-order valence-corrected chi connectivity index (χ0v) is 17.2. The van der Waals surface area contributed by atoms with Crippen LogP contribution in [-0.2, 0) is 14.6 Å². The number of nitrogens with one attached hydrogen (secondary N) is 2. The fraction of sp³-hybridized carbons (Fsp3) is 0.300. The van der Waals surface area contributed by atoms with Crippen LogP contribution in [0.2, 0.25) is 5.02 Å². The van der Waals surface area contributed by atoms with Crippen LogP contribution in [0.3, 0.4) is 0 Å². The van der Waals surface area contributed by atoms with Gasteiger partial charge >= 0.3 is 6.03 Å². The van der Waals surface area contributed by atoms with Gasteiger partial charge in [0.05, 0.1) is 4.90 Å². The summed E-state index contributed by atoms with van der Waals surface area (Å²) in [5, 5.41) is 6.02. The number of benzene rings is 2. The van der Waals surface area contributed by atoms with E-state index in [1.807, 2.05) is 30.3 Å². The van der Waals surface area contributed by atoms with E-state index >= 15 is 0 Å². The van der Waals surface area contributed by atoms with E-state index in [0.717, 1.165) is 5.69 Å². The molecular formula is C20H22ClN3O4S. The molecule has 0 spiro atoms. The fourth-order valence-corrected chi connectivity index (χ4v) is 4.39. The minimum atomic E-state index is -3.73. The third-order valence-electron chi connectivity index (χ3n) is 4.67. The molecular weight excluding hydrogens is 414 g/mol. The minimum absolute atomic E-state index is 0.0597. The van der Waals surface area contributed by atoms with Gasteiger partial charge in [-0.15, -0.1) is 0 Å². The molecule has 3 amide bonds. The van der Waals surface area contributed by atoms with Gasteiger partial charge in [0.1, 0.15) is 5.75 Å². The predicted octanol–water partition coefficient (Wildman–Crippen LogP) is 2.93. The van der Waals surface area contributed by atoms with Crippen molar-refractivity contribution in [2.24, 2.45) is 0 Å². The first-order chi connectivity index (χ1) is 13.8. The number of carbonyl (C=O) groups is 2. The highest BCUT2D eigenvalue weighted by Crippen LogP contribution is 2.16. The molecule has 2 aromatic rings. The van der Waals surface area contributed by atoms with Crippen molar-refractivity contribution in [2.45, 2.75) is 23.8 Å². The Morgan fingerprint density at radius 3 is 2.24 bits per heavy atom. The molecule has 9 heteroatoms. The average Bonchev–Trinajstić information content (AvgIpc) is 2.69. The molecule has 0 radical (unpaired) electrons. The van der Waals surface area contributed by atoms with Crippen LogP contribution in [0.1, 0.15) is 12.8 Å². The zero-order valence-electron chi connectivity index (χ0n) is 15.7. The van der Waals surface area contributed by atoms with Crippen molar-refractivity contribution in [3.05, 3.63) is 59.6 Å². The summed E-state index contributed by atoms with van der Waals surface area (Å²) in [6.07, 6.45) is 1.13. The Morgan fingerprint density at radius 1 is 1.00 bits per heavy atom. The van der Waals surface area contributed by atoms with E-state index in [-0.39, 0.29) is 17.0 Å². The van der Waals surface area contributed by atoms with Crippen LogP contribution >= 0.6 is 11.6 Å². The van der Waals surface area contributed by atoms with Gasteiger partial charge < -0.3 is 15.5 Å². The molecule has 2 aromatic carbocycles. The van der Waals surface area contributed by atoms with Gasteiger partial charge in [0, 0.05) is 29.8 Å². The third-order valence-corrected chi connectivity index (χ3v) is 6.55. The van der Waals surface area contributed by atoms with Gasteiger partial charge in [-0.05, 0) is 49.2 Å². The van der Waals surface area contributed by atoms with Gasteiger partial charge in [-0.2, -0.15) is 0 Å². The molecule has 1 heterocycles. The first-order valence-corrected chi connectivity index (χ1v) is 11.3. The lowest BCUT2D eigenvalue weighted by Gasteiger charge is -2.32. The smallest absolute Gasteiger partial charge is 0.321 e. The Balaban J connectivity index is 1.47. The van der Waals surface area contributed by atoms with E-state index < -0.39 is 21.5 Å². The fourth-order valence-electron chi connectivity index (χ4n) is 3.12. The van der Waals surface area contributed by atoms with Crippen LogP contribution < -0.4 is 10.6 Å². The molecule has 1 fully saturated rings. The molecule has 0 saturated carbocycles. The van der Waals surface area contributed by atoms with E-state index in [4.69, 9.17) is 11.6 Å². The van der Waals surface area contributed by atoms with Crippen LogP contribution in [0.4, 0.5) is 10.5 Å². The number of piperidine rings is 1. The largest absolute Gasteiger partial charge is 0.352 e. The van der Waals surface area contributed by atoms with Gasteiger partial charge in [-0.3, -0.25) is 4.79 Å². The van der Waals surface area contributed by atoms with Crippen molar-refractivity contribution in [3.63, 3.8) is 0 Å². The standard InChI is InChI=1S/C20H22ClN3O4S/c21-15-6-8-18(9-7-15)29(27,28)14-19(25)22-17-10-12-24(13-11-17)20(26)23-16-4-2-1-3-5-16/h1-9,17H,10-14H2,(H,22,25)(H,23,26). The van der Waals surface area contributed by atoms with E-state index in [1.54, 1.807) is 4.90 Å². The monoisotopic (exact) mass is 435 g/mol. The molecule has 0 unspecified atom stereocenters. The molecule has 0 aliphatic carbocycles. The minimum Gasteiger partial charge on any atom is -0.352 e. The average molecular weight is 436 g/mol. The maximum Gasteiger partial charge on any atom is 0.321 e. The van der Waals surface area contributed by atoms with Crippen molar-refractivity contribution >= 4 is 39.1 Å². The highest BCUT2D eigenvalue weighted by Gasteiger charge is 2.26. The van der Waals surface area contributed by atoms with Gasteiger partial charge in [-0.1, -0.05) is 29.8 Å². The normalized spacial score (nSPS) is 15.0. The third kappa shape index (κ3) is 5.95. The van der Waals surface area contributed by atoms with Crippen molar-refractivity contribution in [3.8, 4) is 0 Å². The molecule has 7 nitrogen and oxygen atoms in total. The van der Waals surface area contributed by atoms with E-state index in [1.165, 1.54) is 24.3 Å². The molecule has 154 valence electrons. The highest BCUT2D eigenvalue weighted by atomic mass is 35.5. The van der Waals surface area contributed by atoms with Gasteiger partial charge in [0.15, 0.2) is 9.84 Å². The number of hydrogen-bond donors (Lipinski definition) is 2. The quantitative estimate of drug-likeness (QED) is 0.754. The Kier molecular flexibility index (Phi) is 6.76. The van der Waals surface area contributed by atoms with E-state index in [9.17, 15) is 18.0 Å². The molecule has 1 aliphatic heterocycles. The Bertz CT molecular complexity index is 957. The van der Waals surface area contributed by atoms with Crippen molar-refractivity contribution < 1.29 is 18.0 Å². The summed E-state index contributed by atoms with van der Waals surface area (Å²) in [5.41, 5.74) is 0.723. The van der Waals surface area contributed by atoms with Crippen LogP contribution in [0.25, 0.3) is 0 Å². The number of halogens is 1. The SMILES string of the molecule is O=C(CS(=O)(=O)c1ccc(Cl)cc1)NC1CCN(C(=O)Nc2ccccc2)CC1. The second-order valence-corrected chi connectivity index (χ2v) is 9.26. The maximum atomic E-state index is 12.3. The van der Waals surface area contributed by atoms with Crippen LogP contribution in [0.5, 0.6) is 0 Å². The summed E-state index contributed by atoms with van der Waals surface area (Å²) in [6, 6.07) is 14.5. The number of sulfone groups is 1. The molecule has 2 N–H and O–H groups in total. The topological polar surface area (TPSA) is 95.6 Å². The summed E-state index contributed by atoms with van der Waals surface area (Å²) in [4.78, 5) is 26.3. The number of rotatable bonds is 5. The number of hydrogen-bond acceptors (Lipinski definition) is 4. The van der Waals surface area contributed by atoms with Crippen molar-refractivity contribution in [2.75, 3.05) is 24.2 Å². The lowest BCUT2D eigenvalue weighted by atomic mass is 10.1. The zero-order chi connectivity index (χ0) is 20.9. The molecule has 1 saturated heterocycles. The van der Waals surface area contributed by atoms with E-state index in [2.05, 4.69) is 10.6 Å². The second-order valence-electron chi connectivity index (χ2n) is 6.84. The van der Waals surface area contributed by atoms with Gasteiger partial charge in [-0.25, -0.2) is 13.2 Å². The molecule has 0 aromatic heterocycles. The molecule has 0 atom stereocenters. The molecule has 3 rings (SSSR count). The lowest BCUT2D eigenvalue weighted by Crippen LogP contribution is -2.48. The van der Waals surface area contributed by atoms with Crippen molar-refractivity contribution in [1.29, 1.82) is 0 Å². The predicted molar refractivity (Wildman–Crippen MR) is 112 cm³/mol. The second kappa shape index (κ2) is 9.28. The summed E-state index contributed by atoms with van der Waals surface area (Å²) < 4.78 is 24.7. The van der Waals surface area contributed by atoms with Crippen LogP contribution in [-0.4, -0.2) is 50.1 Å². The first-order valence-electron chi connectivity index (χ1n) is 9.22. The Labute approximate surface area is 175 Å².